The van der Waals surface area contributed by atoms with Crippen molar-refractivity contribution in [2.75, 3.05) is 7.11 Å². The molecule has 1 aromatic rings. The molecule has 3 nitrogen and oxygen atoms in total. The lowest BCUT2D eigenvalue weighted by atomic mass is 10.2. The van der Waals surface area contributed by atoms with Crippen LogP contribution in [0.2, 0.25) is 0 Å². The molecule has 0 aliphatic carbocycles. The molecule has 1 N–H and O–H groups in total. The summed E-state index contributed by atoms with van der Waals surface area (Å²) in [4.78, 5) is 11.1. The van der Waals surface area contributed by atoms with E-state index in [0.717, 1.165) is 0 Å². The summed E-state index contributed by atoms with van der Waals surface area (Å²) in [5, 5.41) is 8.64. The average Bonchev–Trinajstić information content (AvgIpc) is 2.03. The van der Waals surface area contributed by atoms with Crippen LogP contribution in [0.1, 0.15) is 10.4 Å². The maximum atomic E-state index is 10.5. The minimum absolute atomic E-state index is 0.180. The predicted molar refractivity (Wildman–Crippen MR) is 47.2 cm³/mol. The summed E-state index contributed by atoms with van der Waals surface area (Å²) in [5.41, 5.74) is 0.180. The Morgan fingerprint density at radius 3 is 2.67 bits per heavy atom. The van der Waals surface area contributed by atoms with Crippen molar-refractivity contribution < 1.29 is 14.6 Å². The van der Waals surface area contributed by atoms with Gasteiger partial charge >= 0.3 is 5.97 Å². The van der Waals surface area contributed by atoms with Crippen LogP contribution in [-0.2, 0) is 0 Å². The Balaban J connectivity index is 3.15. The van der Waals surface area contributed by atoms with Crippen molar-refractivity contribution in [3.05, 3.63) is 23.8 Å². The number of aromatic carboxylic acids is 1. The molecule has 1 rings (SSSR count). The molecule has 0 aliphatic heterocycles. The van der Waals surface area contributed by atoms with Gasteiger partial charge in [-0.05, 0) is 18.2 Å². The first kappa shape index (κ1) is 8.93. The van der Waals surface area contributed by atoms with Crippen molar-refractivity contribution in [2.45, 2.75) is 4.90 Å². The van der Waals surface area contributed by atoms with Crippen LogP contribution in [-0.4, -0.2) is 18.2 Å². The SMILES string of the molecule is COc1cc(S)cc(C(=O)O)c1. The van der Waals surface area contributed by atoms with Crippen molar-refractivity contribution in [1.82, 2.24) is 0 Å². The van der Waals surface area contributed by atoms with Crippen molar-refractivity contribution >= 4 is 18.6 Å². The highest BCUT2D eigenvalue weighted by Crippen LogP contribution is 2.19. The fourth-order valence-electron chi connectivity index (χ4n) is 0.825. The van der Waals surface area contributed by atoms with E-state index in [2.05, 4.69) is 12.6 Å². The highest BCUT2D eigenvalue weighted by atomic mass is 32.1. The topological polar surface area (TPSA) is 46.5 Å². The van der Waals surface area contributed by atoms with Crippen molar-refractivity contribution in [3.8, 4) is 5.75 Å². The molecule has 0 unspecified atom stereocenters. The van der Waals surface area contributed by atoms with Crippen molar-refractivity contribution in [3.63, 3.8) is 0 Å². The summed E-state index contributed by atoms with van der Waals surface area (Å²) in [7, 11) is 1.48. The fourth-order valence-corrected chi connectivity index (χ4v) is 1.09. The van der Waals surface area contributed by atoms with Gasteiger partial charge < -0.3 is 9.84 Å². The molecule has 0 aromatic heterocycles. The number of benzene rings is 1. The summed E-state index contributed by atoms with van der Waals surface area (Å²) in [5.74, 6) is -0.482. The zero-order valence-electron chi connectivity index (χ0n) is 6.44. The van der Waals surface area contributed by atoms with E-state index in [-0.39, 0.29) is 5.56 Å². The molecule has 0 amide bonds. The van der Waals surface area contributed by atoms with Crippen LogP contribution in [0.15, 0.2) is 23.1 Å². The molecule has 0 heterocycles. The maximum absolute atomic E-state index is 10.5. The number of carbonyl (C=O) groups is 1. The average molecular weight is 184 g/mol. The third kappa shape index (κ3) is 1.92. The Morgan fingerprint density at radius 1 is 1.50 bits per heavy atom. The van der Waals surface area contributed by atoms with Crippen molar-refractivity contribution in [1.29, 1.82) is 0 Å². The second-order valence-electron chi connectivity index (χ2n) is 2.22. The second-order valence-corrected chi connectivity index (χ2v) is 2.74. The molecule has 4 heteroatoms. The Labute approximate surface area is 75.4 Å². The lowest BCUT2D eigenvalue weighted by Gasteiger charge is -2.02. The van der Waals surface area contributed by atoms with Gasteiger partial charge in [-0.3, -0.25) is 0 Å². The summed E-state index contributed by atoms with van der Waals surface area (Å²) >= 11 is 4.03. The number of hydrogen-bond acceptors (Lipinski definition) is 3. The molecule has 0 aliphatic rings. The molecule has 0 radical (unpaired) electrons. The maximum Gasteiger partial charge on any atom is 0.335 e. The normalized spacial score (nSPS) is 9.50. The van der Waals surface area contributed by atoms with Gasteiger partial charge in [0.25, 0.3) is 0 Å². The van der Waals surface area contributed by atoms with Gasteiger partial charge in [0.1, 0.15) is 5.75 Å². The van der Waals surface area contributed by atoms with Crippen LogP contribution in [0.25, 0.3) is 0 Å². The number of carboxylic acid groups (broad SMARTS) is 1. The Bertz CT molecular complexity index is 309. The Kier molecular flexibility index (Phi) is 2.60. The van der Waals surface area contributed by atoms with Crippen LogP contribution >= 0.6 is 12.6 Å². The molecule has 0 fully saturated rings. The fraction of sp³-hybridized carbons (Fsp3) is 0.125. The molecule has 0 saturated heterocycles. The monoisotopic (exact) mass is 184 g/mol. The highest BCUT2D eigenvalue weighted by Gasteiger charge is 2.05. The quantitative estimate of drug-likeness (QED) is 0.687. The van der Waals surface area contributed by atoms with Gasteiger partial charge in [-0.15, -0.1) is 12.6 Å². The molecule has 0 atom stereocenters. The summed E-state index contributed by atoms with van der Waals surface area (Å²) < 4.78 is 4.87. The van der Waals surface area contributed by atoms with E-state index >= 15 is 0 Å². The van der Waals surface area contributed by atoms with Gasteiger partial charge in [0, 0.05) is 4.90 Å². The van der Waals surface area contributed by atoms with Gasteiger partial charge in [-0.1, -0.05) is 0 Å². The van der Waals surface area contributed by atoms with Gasteiger partial charge in [-0.2, -0.15) is 0 Å². The third-order valence-electron chi connectivity index (χ3n) is 1.37. The lowest BCUT2D eigenvalue weighted by molar-refractivity contribution is 0.0696. The number of rotatable bonds is 2. The van der Waals surface area contributed by atoms with E-state index in [1.807, 2.05) is 0 Å². The number of ether oxygens (including phenoxy) is 1. The molecular weight excluding hydrogens is 176 g/mol. The second kappa shape index (κ2) is 3.49. The molecular formula is C8H8O3S. The van der Waals surface area contributed by atoms with E-state index in [1.165, 1.54) is 19.2 Å². The highest BCUT2D eigenvalue weighted by molar-refractivity contribution is 7.80. The Morgan fingerprint density at radius 2 is 2.17 bits per heavy atom. The minimum Gasteiger partial charge on any atom is -0.497 e. The molecule has 64 valence electrons. The number of carboxylic acids is 1. The number of hydrogen-bond donors (Lipinski definition) is 2. The summed E-state index contributed by atoms with van der Waals surface area (Å²) in [6.45, 7) is 0. The first-order valence-electron chi connectivity index (χ1n) is 3.25. The van der Waals surface area contributed by atoms with Gasteiger partial charge in [0.2, 0.25) is 0 Å². The molecule has 1 aromatic carbocycles. The molecule has 0 spiro atoms. The molecule has 0 saturated carbocycles. The van der Waals surface area contributed by atoms with Crippen LogP contribution < -0.4 is 4.74 Å². The van der Waals surface area contributed by atoms with Crippen LogP contribution in [0.4, 0.5) is 0 Å². The summed E-state index contributed by atoms with van der Waals surface area (Å²) in [6.07, 6.45) is 0. The smallest absolute Gasteiger partial charge is 0.335 e. The standard InChI is InChI=1S/C8H8O3S/c1-11-6-2-5(8(9)10)3-7(12)4-6/h2-4,12H,1H3,(H,9,10). The third-order valence-corrected chi connectivity index (χ3v) is 1.63. The zero-order chi connectivity index (χ0) is 9.14. The Hall–Kier alpha value is -1.16. The van der Waals surface area contributed by atoms with Crippen LogP contribution in [0.5, 0.6) is 5.75 Å². The minimum atomic E-state index is -0.982. The zero-order valence-corrected chi connectivity index (χ0v) is 7.34. The first-order chi connectivity index (χ1) is 5.63. The van der Waals surface area contributed by atoms with E-state index in [1.54, 1.807) is 6.07 Å². The van der Waals surface area contributed by atoms with E-state index in [4.69, 9.17) is 9.84 Å². The number of thiol groups is 1. The molecule has 0 bridgehead atoms. The van der Waals surface area contributed by atoms with Crippen LogP contribution in [0.3, 0.4) is 0 Å². The number of methoxy groups -OCH3 is 1. The van der Waals surface area contributed by atoms with Gasteiger partial charge in [0.05, 0.1) is 12.7 Å². The lowest BCUT2D eigenvalue weighted by Crippen LogP contribution is -1.96. The van der Waals surface area contributed by atoms with Gasteiger partial charge in [0.15, 0.2) is 0 Å². The predicted octanol–water partition coefficient (Wildman–Crippen LogP) is 1.68. The van der Waals surface area contributed by atoms with Crippen LogP contribution in [0, 0.1) is 0 Å². The first-order valence-corrected chi connectivity index (χ1v) is 3.69. The van der Waals surface area contributed by atoms with E-state index in [9.17, 15) is 4.79 Å². The van der Waals surface area contributed by atoms with E-state index < -0.39 is 5.97 Å². The van der Waals surface area contributed by atoms with Crippen molar-refractivity contribution in [2.24, 2.45) is 0 Å². The summed E-state index contributed by atoms with van der Waals surface area (Å²) in [6, 6.07) is 4.56. The van der Waals surface area contributed by atoms with E-state index in [0.29, 0.717) is 10.6 Å². The van der Waals surface area contributed by atoms with Gasteiger partial charge in [-0.25, -0.2) is 4.79 Å². The largest absolute Gasteiger partial charge is 0.497 e. The molecule has 12 heavy (non-hydrogen) atoms.